The maximum absolute atomic E-state index is 12.6. The number of aryl methyl sites for hydroxylation is 1. The maximum Gasteiger partial charge on any atom is 0.441 e. The molecule has 6 nitrogen and oxygen atoms in total. The fraction of sp³-hybridized carbons (Fsp3) is 0.308. The van der Waals surface area contributed by atoms with Gasteiger partial charge in [-0.2, -0.15) is 13.2 Å². The van der Waals surface area contributed by atoms with Gasteiger partial charge in [0.25, 0.3) is 0 Å². The van der Waals surface area contributed by atoms with Crippen molar-refractivity contribution in [3.05, 3.63) is 40.2 Å². The number of hydrogen-bond donors (Lipinski definition) is 2. The summed E-state index contributed by atoms with van der Waals surface area (Å²) in [7, 11) is 1.58. The van der Waals surface area contributed by atoms with Gasteiger partial charge in [0.2, 0.25) is 5.91 Å². The third-order valence-corrected chi connectivity index (χ3v) is 3.92. The lowest BCUT2D eigenvalue weighted by Gasteiger charge is -2.09. The standard InChI is InChI=1S/C13H12F3N3O3S/c1-19-11(12(21)22-18-19)23-6-5-10(20)17-9-4-2-3-8(7-9)13(14,15)16/h2-4,7H,5-6H2,1H3,(H-,17,18,20,21)/p+1. The van der Waals surface area contributed by atoms with Crippen molar-refractivity contribution in [2.24, 2.45) is 7.05 Å². The Morgan fingerprint density at radius 3 is 2.78 bits per heavy atom. The van der Waals surface area contributed by atoms with E-state index in [1.54, 1.807) is 7.05 Å². The fourth-order valence-electron chi connectivity index (χ4n) is 1.72. The molecule has 2 N–H and O–H groups in total. The molecule has 0 radical (unpaired) electrons. The van der Waals surface area contributed by atoms with Crippen molar-refractivity contribution in [2.45, 2.75) is 17.6 Å². The van der Waals surface area contributed by atoms with Crippen molar-refractivity contribution in [3.63, 3.8) is 0 Å². The third-order valence-electron chi connectivity index (χ3n) is 2.80. The van der Waals surface area contributed by atoms with Crippen molar-refractivity contribution in [3.8, 4) is 0 Å². The van der Waals surface area contributed by atoms with Crippen LogP contribution >= 0.6 is 11.8 Å². The average Bonchev–Trinajstić information content (AvgIpc) is 2.78. The molecule has 2 aromatic rings. The molecule has 0 atom stereocenters. The molecule has 0 aliphatic rings. The van der Waals surface area contributed by atoms with E-state index in [0.717, 1.165) is 23.9 Å². The van der Waals surface area contributed by atoms with Gasteiger partial charge in [-0.1, -0.05) is 10.7 Å². The van der Waals surface area contributed by atoms with Crippen LogP contribution in [-0.2, 0) is 18.0 Å². The molecule has 0 spiro atoms. The number of rotatable bonds is 5. The molecule has 23 heavy (non-hydrogen) atoms. The van der Waals surface area contributed by atoms with Crippen LogP contribution in [0.25, 0.3) is 0 Å². The molecule has 124 valence electrons. The van der Waals surface area contributed by atoms with Crippen molar-refractivity contribution in [1.82, 2.24) is 5.27 Å². The van der Waals surface area contributed by atoms with E-state index in [4.69, 9.17) is 0 Å². The molecule has 0 aliphatic carbocycles. The number of anilines is 1. The summed E-state index contributed by atoms with van der Waals surface area (Å²) in [4.78, 5) is 23.0. The van der Waals surface area contributed by atoms with Gasteiger partial charge in [-0.15, -0.1) is 0 Å². The lowest BCUT2D eigenvalue weighted by molar-refractivity contribution is -0.772. The normalized spacial score (nSPS) is 11.5. The van der Waals surface area contributed by atoms with Gasteiger partial charge in [-0.25, -0.2) is 4.79 Å². The van der Waals surface area contributed by atoms with E-state index in [1.165, 1.54) is 16.8 Å². The first-order chi connectivity index (χ1) is 10.8. The molecular weight excluding hydrogens is 335 g/mol. The van der Waals surface area contributed by atoms with E-state index in [2.05, 4.69) is 15.1 Å². The lowest BCUT2D eigenvalue weighted by Crippen LogP contribution is -2.33. The zero-order valence-electron chi connectivity index (χ0n) is 11.9. The molecule has 0 saturated heterocycles. The maximum atomic E-state index is 12.6. The number of hydrogen-bond acceptors (Lipinski definition) is 4. The summed E-state index contributed by atoms with van der Waals surface area (Å²) in [6, 6.07) is 4.39. The molecule has 0 saturated carbocycles. The van der Waals surface area contributed by atoms with Gasteiger partial charge in [0, 0.05) is 17.9 Å². The van der Waals surface area contributed by atoms with Crippen LogP contribution in [0.5, 0.6) is 0 Å². The van der Waals surface area contributed by atoms with Crippen LogP contribution in [0.2, 0.25) is 0 Å². The van der Waals surface area contributed by atoms with E-state index >= 15 is 0 Å². The number of carbonyl (C=O) groups excluding carboxylic acids is 1. The molecule has 0 aliphatic heterocycles. The van der Waals surface area contributed by atoms with Crippen molar-refractivity contribution >= 4 is 23.4 Å². The van der Waals surface area contributed by atoms with Crippen LogP contribution in [0, 0.1) is 0 Å². The molecule has 1 aromatic heterocycles. The number of carbonyl (C=O) groups is 1. The summed E-state index contributed by atoms with van der Waals surface area (Å²) in [5, 5.41) is 5.03. The Kier molecular flexibility index (Phi) is 5.14. The smallest absolute Gasteiger partial charge is 0.326 e. The molecule has 1 heterocycles. The molecule has 10 heteroatoms. The Bertz CT molecular complexity index is 755. The second-order valence-electron chi connectivity index (χ2n) is 4.57. The van der Waals surface area contributed by atoms with Crippen molar-refractivity contribution in [1.29, 1.82) is 0 Å². The van der Waals surface area contributed by atoms with E-state index in [9.17, 15) is 22.8 Å². The SMILES string of the molecule is C[n+]1[nH]oc(=O)c1SCCC(=O)Nc1cccc(C(F)(F)F)c1. The number of benzene rings is 1. The summed E-state index contributed by atoms with van der Waals surface area (Å²) in [5.74, 6) is -0.166. The molecule has 1 amide bonds. The summed E-state index contributed by atoms with van der Waals surface area (Å²) >= 11 is 1.11. The Morgan fingerprint density at radius 2 is 2.17 bits per heavy atom. The molecular formula is C13H13F3N3O3S+. The highest BCUT2D eigenvalue weighted by Crippen LogP contribution is 2.30. The van der Waals surface area contributed by atoms with Crippen molar-refractivity contribution < 1.29 is 27.2 Å². The van der Waals surface area contributed by atoms with Gasteiger partial charge in [-0.05, 0) is 35.2 Å². The minimum absolute atomic E-state index is 0.0333. The second-order valence-corrected chi connectivity index (χ2v) is 5.65. The summed E-state index contributed by atoms with van der Waals surface area (Å²) < 4.78 is 43.7. The van der Waals surface area contributed by atoms with Crippen LogP contribution < -0.4 is 15.6 Å². The highest BCUT2D eigenvalue weighted by Gasteiger charge is 2.30. The van der Waals surface area contributed by atoms with Gasteiger partial charge in [0.05, 0.1) is 5.56 Å². The highest BCUT2D eigenvalue weighted by molar-refractivity contribution is 7.99. The molecule has 0 bridgehead atoms. The monoisotopic (exact) mass is 348 g/mol. The molecule has 2 rings (SSSR count). The van der Waals surface area contributed by atoms with Gasteiger partial charge in [0.1, 0.15) is 0 Å². The minimum Gasteiger partial charge on any atom is -0.326 e. The largest absolute Gasteiger partial charge is 0.441 e. The zero-order chi connectivity index (χ0) is 17.0. The van der Waals surface area contributed by atoms with Gasteiger partial charge in [0.15, 0.2) is 7.05 Å². The number of aromatic amines is 1. The number of aromatic nitrogens is 2. The zero-order valence-corrected chi connectivity index (χ0v) is 12.8. The topological polar surface area (TPSA) is 79.0 Å². The molecule has 0 fully saturated rings. The quantitative estimate of drug-likeness (QED) is 0.639. The summed E-state index contributed by atoms with van der Waals surface area (Å²) in [5.41, 5.74) is -1.31. The predicted octanol–water partition coefficient (Wildman–Crippen LogP) is 1.93. The van der Waals surface area contributed by atoms with E-state index in [0.29, 0.717) is 5.03 Å². The number of thioether (sulfide) groups is 1. The first kappa shape index (κ1) is 17.1. The third kappa shape index (κ3) is 4.62. The Morgan fingerprint density at radius 1 is 1.43 bits per heavy atom. The molecule has 1 aromatic carbocycles. The fourth-order valence-corrected chi connectivity index (χ4v) is 2.60. The Balaban J connectivity index is 1.89. The number of H-pyrrole nitrogens is 1. The van der Waals surface area contributed by atoms with Crippen LogP contribution in [0.3, 0.4) is 0 Å². The van der Waals surface area contributed by atoms with Gasteiger partial charge >= 0.3 is 16.8 Å². The predicted molar refractivity (Wildman–Crippen MR) is 75.9 cm³/mol. The van der Waals surface area contributed by atoms with Gasteiger partial charge in [-0.3, -0.25) is 9.32 Å². The first-order valence-electron chi connectivity index (χ1n) is 6.45. The number of nitrogens with one attached hydrogen (secondary N) is 2. The van der Waals surface area contributed by atoms with Crippen LogP contribution in [0.15, 0.2) is 38.6 Å². The van der Waals surface area contributed by atoms with Gasteiger partial charge < -0.3 is 5.32 Å². The van der Waals surface area contributed by atoms with Crippen molar-refractivity contribution in [2.75, 3.05) is 11.1 Å². The van der Waals surface area contributed by atoms with E-state index < -0.39 is 23.3 Å². The van der Waals surface area contributed by atoms with E-state index in [-0.39, 0.29) is 17.9 Å². The number of amides is 1. The van der Waals surface area contributed by atoms with E-state index in [1.807, 2.05) is 0 Å². The second kappa shape index (κ2) is 6.90. The number of nitrogens with zero attached hydrogens (tertiary/aromatic N) is 1. The first-order valence-corrected chi connectivity index (χ1v) is 7.43. The van der Waals surface area contributed by atoms with Crippen LogP contribution in [0.1, 0.15) is 12.0 Å². The Hall–Kier alpha value is -2.23. The minimum atomic E-state index is -4.46. The molecule has 0 unspecified atom stereocenters. The lowest BCUT2D eigenvalue weighted by atomic mass is 10.2. The number of alkyl halides is 3. The summed E-state index contributed by atoms with van der Waals surface area (Å²) in [6.07, 6.45) is -4.43. The highest BCUT2D eigenvalue weighted by atomic mass is 32.2. The van der Waals surface area contributed by atoms with Crippen LogP contribution in [0.4, 0.5) is 18.9 Å². The summed E-state index contributed by atoms with van der Waals surface area (Å²) in [6.45, 7) is 0. The van der Waals surface area contributed by atoms with Crippen LogP contribution in [-0.4, -0.2) is 16.9 Å². The average molecular weight is 348 g/mol. The number of halogens is 3. The Labute approximate surface area is 132 Å².